The Hall–Kier alpha value is -2.93. The van der Waals surface area contributed by atoms with E-state index in [1.54, 1.807) is 35.9 Å². The fourth-order valence-corrected chi connectivity index (χ4v) is 2.31. The van der Waals surface area contributed by atoms with Crippen molar-refractivity contribution in [1.29, 1.82) is 0 Å². The number of hydrogen-bond acceptors (Lipinski definition) is 5. The molecule has 2 aromatic carbocycles. The van der Waals surface area contributed by atoms with Gasteiger partial charge in [0.25, 0.3) is 0 Å². The molecule has 0 spiro atoms. The van der Waals surface area contributed by atoms with Crippen LogP contribution in [0.15, 0.2) is 54.9 Å². The van der Waals surface area contributed by atoms with Gasteiger partial charge in [-0.3, -0.25) is 4.79 Å². The molecule has 0 aliphatic heterocycles. The lowest BCUT2D eigenvalue weighted by Crippen LogP contribution is -2.31. The van der Waals surface area contributed by atoms with Gasteiger partial charge in [0.2, 0.25) is 5.91 Å². The smallest absolute Gasteiger partial charge is 0.246 e. The number of amides is 1. The van der Waals surface area contributed by atoms with E-state index < -0.39 is 6.04 Å². The van der Waals surface area contributed by atoms with E-state index in [9.17, 15) is 4.79 Å². The highest BCUT2D eigenvalue weighted by atomic mass is 35.5. The van der Waals surface area contributed by atoms with Gasteiger partial charge in [0, 0.05) is 16.4 Å². The maximum absolute atomic E-state index is 12.2. The second-order valence-electron chi connectivity index (χ2n) is 5.17. The summed E-state index contributed by atoms with van der Waals surface area (Å²) in [7, 11) is 0. The van der Waals surface area contributed by atoms with E-state index >= 15 is 0 Å². The number of nitrogens with one attached hydrogen (secondary N) is 2. The molecule has 1 atom stereocenters. The van der Waals surface area contributed by atoms with Crippen molar-refractivity contribution in [1.82, 2.24) is 20.2 Å². The van der Waals surface area contributed by atoms with Gasteiger partial charge in [-0.15, -0.1) is 5.10 Å². The molecule has 0 aliphatic rings. The molecule has 2 N–H and O–H groups in total. The third-order valence-electron chi connectivity index (χ3n) is 3.35. The van der Waals surface area contributed by atoms with Gasteiger partial charge in [0.1, 0.15) is 12.4 Å². The van der Waals surface area contributed by atoms with Crippen molar-refractivity contribution in [3.05, 3.63) is 59.9 Å². The zero-order valence-electron chi connectivity index (χ0n) is 12.8. The van der Waals surface area contributed by atoms with E-state index in [1.807, 2.05) is 24.3 Å². The number of halogens is 1. The van der Waals surface area contributed by atoms with Gasteiger partial charge in [0.05, 0.1) is 5.69 Å². The van der Waals surface area contributed by atoms with Crippen molar-refractivity contribution in [2.75, 3.05) is 10.6 Å². The number of rotatable bonds is 5. The zero-order chi connectivity index (χ0) is 16.9. The molecule has 0 saturated heterocycles. The number of carbonyl (C=O) groups excluding carboxylic acids is 1. The number of carbonyl (C=O) groups is 1. The van der Waals surface area contributed by atoms with E-state index in [4.69, 9.17) is 11.6 Å². The molecule has 8 heteroatoms. The summed E-state index contributed by atoms with van der Waals surface area (Å²) in [5, 5.41) is 17.5. The lowest BCUT2D eigenvalue weighted by molar-refractivity contribution is -0.116. The molecule has 0 aliphatic carbocycles. The standard InChI is InChI=1S/C16H15ClN6O/c1-11(16(24)20-14-4-2-3-12(17)9-14)19-13-5-7-15(8-6-13)23-10-18-21-22-23/h2-11,19H,1H3,(H,20,24)/t11-/m0/s1. The van der Waals surface area contributed by atoms with Crippen LogP contribution >= 0.6 is 11.6 Å². The Kier molecular flexibility index (Phi) is 4.72. The molecule has 24 heavy (non-hydrogen) atoms. The van der Waals surface area contributed by atoms with Crippen molar-refractivity contribution >= 4 is 28.9 Å². The minimum Gasteiger partial charge on any atom is -0.374 e. The first-order valence-electron chi connectivity index (χ1n) is 7.28. The molecule has 0 radical (unpaired) electrons. The zero-order valence-corrected chi connectivity index (χ0v) is 13.6. The van der Waals surface area contributed by atoms with E-state index in [0.717, 1.165) is 11.4 Å². The van der Waals surface area contributed by atoms with E-state index in [1.165, 1.54) is 6.33 Å². The second kappa shape index (κ2) is 7.10. The molecular weight excluding hydrogens is 328 g/mol. The Morgan fingerprint density at radius 3 is 2.62 bits per heavy atom. The highest BCUT2D eigenvalue weighted by Crippen LogP contribution is 2.16. The van der Waals surface area contributed by atoms with E-state index in [0.29, 0.717) is 10.7 Å². The number of tetrazole rings is 1. The largest absolute Gasteiger partial charge is 0.374 e. The predicted molar refractivity (Wildman–Crippen MR) is 92.3 cm³/mol. The molecule has 1 heterocycles. The molecule has 0 unspecified atom stereocenters. The third kappa shape index (κ3) is 3.88. The average molecular weight is 343 g/mol. The van der Waals surface area contributed by atoms with Crippen LogP contribution < -0.4 is 10.6 Å². The first-order chi connectivity index (χ1) is 11.6. The molecule has 3 rings (SSSR count). The van der Waals surface area contributed by atoms with Gasteiger partial charge in [0.15, 0.2) is 0 Å². The van der Waals surface area contributed by atoms with Gasteiger partial charge < -0.3 is 10.6 Å². The maximum atomic E-state index is 12.2. The number of aromatic nitrogens is 4. The summed E-state index contributed by atoms with van der Waals surface area (Å²) in [4.78, 5) is 12.2. The number of hydrogen-bond donors (Lipinski definition) is 2. The first-order valence-corrected chi connectivity index (χ1v) is 7.66. The van der Waals surface area contributed by atoms with Crippen LogP contribution in [0.4, 0.5) is 11.4 Å². The number of nitrogens with zero attached hydrogens (tertiary/aromatic N) is 4. The molecule has 0 saturated carbocycles. The van der Waals surface area contributed by atoms with Crippen LogP contribution in [0.5, 0.6) is 0 Å². The topological polar surface area (TPSA) is 84.7 Å². The van der Waals surface area contributed by atoms with Gasteiger partial charge in [-0.25, -0.2) is 4.68 Å². The highest BCUT2D eigenvalue weighted by molar-refractivity contribution is 6.30. The Morgan fingerprint density at radius 2 is 1.96 bits per heavy atom. The van der Waals surface area contributed by atoms with Crippen LogP contribution in [0.2, 0.25) is 5.02 Å². The summed E-state index contributed by atoms with van der Waals surface area (Å²) in [5.41, 5.74) is 2.32. The van der Waals surface area contributed by atoms with Crippen LogP contribution in [-0.4, -0.2) is 32.2 Å². The minimum atomic E-state index is -0.414. The molecule has 7 nitrogen and oxygen atoms in total. The highest BCUT2D eigenvalue weighted by Gasteiger charge is 2.13. The van der Waals surface area contributed by atoms with Crippen LogP contribution in [0.25, 0.3) is 5.69 Å². The predicted octanol–water partition coefficient (Wildman–Crippen LogP) is 2.75. The van der Waals surface area contributed by atoms with Crippen LogP contribution in [0, 0.1) is 0 Å². The van der Waals surface area contributed by atoms with Gasteiger partial charge in [-0.05, 0) is 59.8 Å². The Morgan fingerprint density at radius 1 is 1.17 bits per heavy atom. The van der Waals surface area contributed by atoms with Crippen molar-refractivity contribution in [3.8, 4) is 5.69 Å². The summed E-state index contributed by atoms with van der Waals surface area (Å²) in [6.07, 6.45) is 1.52. The second-order valence-corrected chi connectivity index (χ2v) is 5.60. The molecule has 122 valence electrons. The van der Waals surface area contributed by atoms with Gasteiger partial charge >= 0.3 is 0 Å². The summed E-state index contributed by atoms with van der Waals surface area (Å²) in [5.74, 6) is -0.151. The van der Waals surface area contributed by atoms with Gasteiger partial charge in [-0.1, -0.05) is 17.7 Å². The molecular formula is C16H15ClN6O. The fraction of sp³-hybridized carbons (Fsp3) is 0.125. The van der Waals surface area contributed by atoms with Crippen molar-refractivity contribution in [3.63, 3.8) is 0 Å². The SMILES string of the molecule is C[C@H](Nc1ccc(-n2cnnn2)cc1)C(=O)Nc1cccc(Cl)c1. The number of benzene rings is 2. The summed E-state index contributed by atoms with van der Waals surface area (Å²) in [6.45, 7) is 1.79. The average Bonchev–Trinajstić information content (AvgIpc) is 3.10. The van der Waals surface area contributed by atoms with E-state index in [2.05, 4.69) is 26.2 Å². The van der Waals surface area contributed by atoms with Gasteiger partial charge in [-0.2, -0.15) is 0 Å². The minimum absolute atomic E-state index is 0.151. The third-order valence-corrected chi connectivity index (χ3v) is 3.58. The van der Waals surface area contributed by atoms with E-state index in [-0.39, 0.29) is 5.91 Å². The summed E-state index contributed by atoms with van der Waals surface area (Å²) >= 11 is 5.91. The molecule has 1 aromatic heterocycles. The summed E-state index contributed by atoms with van der Waals surface area (Å²) in [6, 6.07) is 14.1. The molecule has 0 bridgehead atoms. The molecule has 1 amide bonds. The quantitative estimate of drug-likeness (QED) is 0.744. The fourth-order valence-electron chi connectivity index (χ4n) is 2.12. The Labute approximate surface area is 143 Å². The normalized spacial score (nSPS) is 11.8. The monoisotopic (exact) mass is 342 g/mol. The maximum Gasteiger partial charge on any atom is 0.246 e. The summed E-state index contributed by atoms with van der Waals surface area (Å²) < 4.78 is 1.55. The van der Waals surface area contributed by atoms with Crippen molar-refractivity contribution in [2.24, 2.45) is 0 Å². The number of anilines is 2. The Balaban J connectivity index is 1.61. The first kappa shape index (κ1) is 15.9. The van der Waals surface area contributed by atoms with Crippen molar-refractivity contribution < 1.29 is 4.79 Å². The Bertz CT molecular complexity index is 819. The molecule has 0 fully saturated rings. The van der Waals surface area contributed by atoms with Crippen LogP contribution in [0.3, 0.4) is 0 Å². The lowest BCUT2D eigenvalue weighted by atomic mass is 10.2. The molecule has 3 aromatic rings. The van der Waals surface area contributed by atoms with Crippen molar-refractivity contribution in [2.45, 2.75) is 13.0 Å². The van der Waals surface area contributed by atoms with Crippen LogP contribution in [0.1, 0.15) is 6.92 Å². The van der Waals surface area contributed by atoms with Crippen LogP contribution in [-0.2, 0) is 4.79 Å². The lowest BCUT2D eigenvalue weighted by Gasteiger charge is -2.15.